The Balaban J connectivity index is 4.82. The molecule has 0 saturated heterocycles. The number of carbonyl (C=O) groups is 2. The number of oxime groups is 1. The van der Waals surface area contributed by atoms with Crippen LogP contribution in [0.1, 0.15) is 46.5 Å². The molecule has 0 bridgehead atoms. The van der Waals surface area contributed by atoms with E-state index in [2.05, 4.69) is 15.8 Å². The highest BCUT2D eigenvalue weighted by molar-refractivity contribution is 6.06. The van der Waals surface area contributed by atoms with Crippen molar-refractivity contribution < 1.29 is 14.8 Å². The lowest BCUT2D eigenvalue weighted by Crippen LogP contribution is -2.51. The van der Waals surface area contributed by atoms with Crippen molar-refractivity contribution in [3.63, 3.8) is 0 Å². The van der Waals surface area contributed by atoms with E-state index in [-0.39, 0.29) is 17.6 Å². The first kappa shape index (κ1) is 18.2. The van der Waals surface area contributed by atoms with E-state index in [9.17, 15) is 9.59 Å². The van der Waals surface area contributed by atoms with E-state index in [1.165, 1.54) is 6.92 Å². The molecule has 0 saturated carbocycles. The Bertz CT molecular complexity index is 350. The molecule has 0 rings (SSSR count). The number of nitrogens with zero attached hydrogens (tertiary/aromatic N) is 1. The van der Waals surface area contributed by atoms with Crippen LogP contribution >= 0.6 is 0 Å². The zero-order chi connectivity index (χ0) is 15.6. The maximum atomic E-state index is 12.4. The van der Waals surface area contributed by atoms with Crippen LogP contribution in [0.3, 0.4) is 0 Å². The molecule has 2 amide bonds. The van der Waals surface area contributed by atoms with Gasteiger partial charge in [-0.25, -0.2) is 0 Å². The minimum Gasteiger partial charge on any atom is -0.409 e. The highest BCUT2D eigenvalue weighted by Crippen LogP contribution is 2.30. The van der Waals surface area contributed by atoms with Crippen molar-refractivity contribution in [2.45, 2.75) is 46.5 Å². The van der Waals surface area contributed by atoms with E-state index in [1.54, 1.807) is 0 Å². The number of amidine groups is 1. The van der Waals surface area contributed by atoms with Gasteiger partial charge in [-0.1, -0.05) is 31.8 Å². The fourth-order valence-electron chi connectivity index (χ4n) is 2.26. The van der Waals surface area contributed by atoms with Crippen LogP contribution in [-0.4, -0.2) is 35.9 Å². The lowest BCUT2D eigenvalue weighted by molar-refractivity contribution is -0.128. The molecule has 0 aliphatic heterocycles. The SMILES string of the molecule is CCCC(CCC)(C(=O)NCCNC(C)=O)C(N)=NO. The molecule has 7 nitrogen and oxygen atoms in total. The van der Waals surface area contributed by atoms with Crippen LogP contribution in [0, 0.1) is 5.41 Å². The molecule has 5 N–H and O–H groups in total. The predicted octanol–water partition coefficient (Wildman–Crippen LogP) is 0.572. The minimum atomic E-state index is -0.978. The lowest BCUT2D eigenvalue weighted by Gasteiger charge is -2.30. The Kier molecular flexibility index (Phi) is 8.35. The molecule has 7 heteroatoms. The molecule has 0 aliphatic rings. The van der Waals surface area contributed by atoms with Gasteiger partial charge in [-0.3, -0.25) is 9.59 Å². The van der Waals surface area contributed by atoms with Crippen molar-refractivity contribution in [1.82, 2.24) is 10.6 Å². The Morgan fingerprint density at radius 3 is 2.05 bits per heavy atom. The number of rotatable bonds is 9. The molecule has 0 fully saturated rings. The summed E-state index contributed by atoms with van der Waals surface area (Å²) < 4.78 is 0. The van der Waals surface area contributed by atoms with Crippen LogP contribution in [0.4, 0.5) is 0 Å². The van der Waals surface area contributed by atoms with Crippen LogP contribution in [0.2, 0.25) is 0 Å². The summed E-state index contributed by atoms with van der Waals surface area (Å²) in [6.07, 6.45) is 2.52. The smallest absolute Gasteiger partial charge is 0.234 e. The maximum Gasteiger partial charge on any atom is 0.234 e. The van der Waals surface area contributed by atoms with Crippen molar-refractivity contribution in [1.29, 1.82) is 0 Å². The van der Waals surface area contributed by atoms with Gasteiger partial charge in [0.1, 0.15) is 5.41 Å². The fraction of sp³-hybridized carbons (Fsp3) is 0.769. The van der Waals surface area contributed by atoms with Crippen molar-refractivity contribution >= 4 is 17.6 Å². The molecule has 0 atom stereocenters. The molecular weight excluding hydrogens is 260 g/mol. The summed E-state index contributed by atoms with van der Waals surface area (Å²) >= 11 is 0. The first-order valence-electron chi connectivity index (χ1n) is 6.95. The summed E-state index contributed by atoms with van der Waals surface area (Å²) in [5.74, 6) is -0.468. The average Bonchev–Trinajstić information content (AvgIpc) is 2.41. The van der Waals surface area contributed by atoms with E-state index in [0.29, 0.717) is 25.9 Å². The first-order chi connectivity index (χ1) is 9.44. The molecule has 0 aromatic heterocycles. The van der Waals surface area contributed by atoms with Crippen LogP contribution < -0.4 is 16.4 Å². The van der Waals surface area contributed by atoms with E-state index >= 15 is 0 Å². The van der Waals surface area contributed by atoms with Crippen LogP contribution in [0.5, 0.6) is 0 Å². The third-order valence-corrected chi connectivity index (χ3v) is 3.17. The van der Waals surface area contributed by atoms with E-state index in [0.717, 1.165) is 12.8 Å². The molecule has 0 aliphatic carbocycles. The zero-order valence-electron chi connectivity index (χ0n) is 12.5. The highest BCUT2D eigenvalue weighted by atomic mass is 16.4. The number of hydrogen-bond acceptors (Lipinski definition) is 4. The average molecular weight is 286 g/mol. The van der Waals surface area contributed by atoms with Crippen molar-refractivity contribution in [2.75, 3.05) is 13.1 Å². The van der Waals surface area contributed by atoms with Gasteiger partial charge in [0.05, 0.1) is 0 Å². The van der Waals surface area contributed by atoms with Gasteiger partial charge in [0.2, 0.25) is 11.8 Å². The van der Waals surface area contributed by atoms with Gasteiger partial charge in [-0.2, -0.15) is 0 Å². The normalized spacial score (nSPS) is 12.1. The Morgan fingerprint density at radius 1 is 1.15 bits per heavy atom. The third kappa shape index (κ3) is 5.07. The number of amides is 2. The third-order valence-electron chi connectivity index (χ3n) is 3.17. The van der Waals surface area contributed by atoms with E-state index in [4.69, 9.17) is 10.9 Å². The van der Waals surface area contributed by atoms with Crippen molar-refractivity contribution in [3.8, 4) is 0 Å². The minimum absolute atomic E-state index is 0.0572. The Morgan fingerprint density at radius 2 is 1.65 bits per heavy atom. The number of nitrogens with one attached hydrogen (secondary N) is 2. The molecule has 0 radical (unpaired) electrons. The standard InChI is InChI=1S/C13H26N4O3/c1-4-6-13(7-5-2,11(14)17-20)12(19)16-9-8-15-10(3)18/h20H,4-9H2,1-3H3,(H2,14,17)(H,15,18)(H,16,19). The summed E-state index contributed by atoms with van der Waals surface area (Å²) in [5.41, 5.74) is 4.77. The maximum absolute atomic E-state index is 12.4. The second-order valence-electron chi connectivity index (χ2n) is 4.81. The number of carbonyl (C=O) groups excluding carboxylic acids is 2. The molecule has 116 valence electrons. The monoisotopic (exact) mass is 286 g/mol. The largest absolute Gasteiger partial charge is 0.409 e. The van der Waals surface area contributed by atoms with Gasteiger partial charge in [-0.05, 0) is 12.8 Å². The topological polar surface area (TPSA) is 117 Å². The molecule has 0 spiro atoms. The Hall–Kier alpha value is -1.79. The fourth-order valence-corrected chi connectivity index (χ4v) is 2.26. The summed E-state index contributed by atoms with van der Waals surface area (Å²) in [6.45, 7) is 5.97. The lowest BCUT2D eigenvalue weighted by atomic mass is 9.77. The van der Waals surface area contributed by atoms with Crippen molar-refractivity contribution in [3.05, 3.63) is 0 Å². The van der Waals surface area contributed by atoms with Gasteiger partial charge in [0.25, 0.3) is 0 Å². The summed E-state index contributed by atoms with van der Waals surface area (Å²) in [5, 5.41) is 17.3. The summed E-state index contributed by atoms with van der Waals surface area (Å²) in [4.78, 5) is 23.1. The molecule has 0 aromatic carbocycles. The van der Waals surface area contributed by atoms with Crippen LogP contribution in [-0.2, 0) is 9.59 Å². The second-order valence-corrected chi connectivity index (χ2v) is 4.81. The number of nitrogens with two attached hydrogens (primary N) is 1. The van der Waals surface area contributed by atoms with Gasteiger partial charge >= 0.3 is 0 Å². The van der Waals surface area contributed by atoms with Gasteiger partial charge in [0.15, 0.2) is 5.84 Å². The molecule has 0 unspecified atom stereocenters. The second kappa shape index (κ2) is 9.17. The van der Waals surface area contributed by atoms with E-state index < -0.39 is 5.41 Å². The highest BCUT2D eigenvalue weighted by Gasteiger charge is 2.41. The first-order valence-corrected chi connectivity index (χ1v) is 6.95. The predicted molar refractivity (Wildman–Crippen MR) is 77.4 cm³/mol. The molecule has 0 aromatic rings. The molecule has 20 heavy (non-hydrogen) atoms. The quantitative estimate of drug-likeness (QED) is 0.163. The molecule has 0 heterocycles. The Labute approximate surface area is 120 Å². The summed E-state index contributed by atoms with van der Waals surface area (Å²) in [7, 11) is 0. The summed E-state index contributed by atoms with van der Waals surface area (Å²) in [6, 6.07) is 0. The number of hydrogen-bond donors (Lipinski definition) is 4. The van der Waals surface area contributed by atoms with Gasteiger partial charge in [-0.15, -0.1) is 0 Å². The van der Waals surface area contributed by atoms with Gasteiger partial charge < -0.3 is 21.6 Å². The molecular formula is C13H26N4O3. The van der Waals surface area contributed by atoms with Crippen molar-refractivity contribution in [2.24, 2.45) is 16.3 Å². The van der Waals surface area contributed by atoms with Crippen LogP contribution in [0.25, 0.3) is 0 Å². The van der Waals surface area contributed by atoms with Gasteiger partial charge in [0, 0.05) is 20.0 Å². The van der Waals surface area contributed by atoms with Crippen LogP contribution in [0.15, 0.2) is 5.16 Å². The zero-order valence-corrected chi connectivity index (χ0v) is 12.5. The van der Waals surface area contributed by atoms with E-state index in [1.807, 2.05) is 13.8 Å².